The average Bonchev–Trinajstić information content (AvgIpc) is 2.85. The second-order valence-electron chi connectivity index (χ2n) is 3.68. The van der Waals surface area contributed by atoms with Crippen molar-refractivity contribution in [3.8, 4) is 5.75 Å². The highest BCUT2D eigenvalue weighted by Gasteiger charge is 2.08. The van der Waals surface area contributed by atoms with Crippen molar-refractivity contribution in [3.05, 3.63) is 34.5 Å². The molecule has 1 heterocycles. The molecule has 0 bridgehead atoms. The van der Waals surface area contributed by atoms with Crippen LogP contribution in [0.25, 0.3) is 0 Å². The molecular formula is C12H14FN3OS. The van der Waals surface area contributed by atoms with Gasteiger partial charge in [-0.15, -0.1) is 11.3 Å². The Kier molecular flexibility index (Phi) is 3.99. The number of anilines is 2. The number of nitrogens with zero attached hydrogens (tertiary/aromatic N) is 1. The number of hydrogen-bond donors (Lipinski definition) is 2. The Morgan fingerprint density at radius 1 is 1.50 bits per heavy atom. The summed E-state index contributed by atoms with van der Waals surface area (Å²) in [5, 5.41) is 6.13. The fourth-order valence-electron chi connectivity index (χ4n) is 1.56. The van der Waals surface area contributed by atoms with Crippen LogP contribution in [-0.4, -0.2) is 18.6 Å². The molecule has 4 nitrogen and oxygen atoms in total. The van der Waals surface area contributed by atoms with Crippen molar-refractivity contribution < 1.29 is 9.13 Å². The Hall–Kier alpha value is -1.82. The lowest BCUT2D eigenvalue weighted by molar-refractivity contribution is 0.387. The van der Waals surface area contributed by atoms with Gasteiger partial charge in [-0.25, -0.2) is 9.37 Å². The van der Waals surface area contributed by atoms with Crippen molar-refractivity contribution in [2.24, 2.45) is 0 Å². The molecule has 0 fully saturated rings. The standard InChI is InChI=1S/C12H14FN3OS/c1-17-11-7-10(9(14)6-8(11)13)15-3-2-12-16-4-5-18-12/h4-7,15H,2-3,14H2,1H3. The van der Waals surface area contributed by atoms with E-state index >= 15 is 0 Å². The number of benzene rings is 1. The molecule has 1 aromatic carbocycles. The van der Waals surface area contributed by atoms with Crippen molar-refractivity contribution >= 4 is 22.7 Å². The molecule has 6 heteroatoms. The topological polar surface area (TPSA) is 60.2 Å². The second-order valence-corrected chi connectivity index (χ2v) is 4.66. The number of nitrogens with one attached hydrogen (secondary N) is 1. The molecule has 0 unspecified atom stereocenters. The van der Waals surface area contributed by atoms with Gasteiger partial charge in [0.2, 0.25) is 0 Å². The van der Waals surface area contributed by atoms with Crippen LogP contribution in [0, 0.1) is 5.82 Å². The fraction of sp³-hybridized carbons (Fsp3) is 0.250. The summed E-state index contributed by atoms with van der Waals surface area (Å²) in [5.41, 5.74) is 6.77. The SMILES string of the molecule is COc1cc(NCCc2nccs2)c(N)cc1F. The van der Waals surface area contributed by atoms with E-state index in [1.54, 1.807) is 23.6 Å². The molecular weight excluding hydrogens is 253 g/mol. The first-order chi connectivity index (χ1) is 8.70. The van der Waals surface area contributed by atoms with Gasteiger partial charge in [0.25, 0.3) is 0 Å². The number of halogens is 1. The van der Waals surface area contributed by atoms with Gasteiger partial charge in [-0.3, -0.25) is 0 Å². The molecule has 0 saturated carbocycles. The minimum atomic E-state index is -0.458. The lowest BCUT2D eigenvalue weighted by Gasteiger charge is -2.11. The summed E-state index contributed by atoms with van der Waals surface area (Å²) in [7, 11) is 1.42. The van der Waals surface area contributed by atoms with Gasteiger partial charge in [0.15, 0.2) is 11.6 Å². The molecule has 0 aliphatic rings. The molecule has 3 N–H and O–H groups in total. The van der Waals surface area contributed by atoms with E-state index in [0.29, 0.717) is 17.9 Å². The summed E-state index contributed by atoms with van der Waals surface area (Å²) in [5.74, 6) is -0.276. The third kappa shape index (κ3) is 2.89. The number of hydrogen-bond acceptors (Lipinski definition) is 5. The Labute approximate surface area is 109 Å². The Balaban J connectivity index is 2.00. The number of rotatable bonds is 5. The van der Waals surface area contributed by atoms with Gasteiger partial charge in [-0.1, -0.05) is 0 Å². The zero-order valence-corrected chi connectivity index (χ0v) is 10.8. The van der Waals surface area contributed by atoms with Crippen molar-refractivity contribution in [1.82, 2.24) is 4.98 Å². The summed E-state index contributed by atoms with van der Waals surface area (Å²) >= 11 is 1.61. The van der Waals surface area contributed by atoms with Crippen LogP contribution in [0.2, 0.25) is 0 Å². The molecule has 0 saturated heterocycles. The third-order valence-electron chi connectivity index (χ3n) is 2.46. The Morgan fingerprint density at radius 2 is 2.33 bits per heavy atom. The van der Waals surface area contributed by atoms with Crippen LogP contribution in [0.5, 0.6) is 5.75 Å². The monoisotopic (exact) mass is 267 g/mol. The van der Waals surface area contributed by atoms with E-state index in [0.717, 1.165) is 11.4 Å². The minimum Gasteiger partial charge on any atom is -0.494 e. The molecule has 0 radical (unpaired) electrons. The summed E-state index contributed by atoms with van der Waals surface area (Å²) in [6.07, 6.45) is 2.58. The molecule has 0 amide bonds. The van der Waals surface area contributed by atoms with Crippen LogP contribution in [0.1, 0.15) is 5.01 Å². The van der Waals surface area contributed by atoms with E-state index in [1.165, 1.54) is 13.2 Å². The highest BCUT2D eigenvalue weighted by molar-refractivity contribution is 7.09. The number of nitrogens with two attached hydrogens (primary N) is 1. The maximum absolute atomic E-state index is 13.3. The van der Waals surface area contributed by atoms with Crippen LogP contribution in [-0.2, 0) is 6.42 Å². The maximum Gasteiger partial charge on any atom is 0.167 e. The van der Waals surface area contributed by atoms with Gasteiger partial charge < -0.3 is 15.8 Å². The first-order valence-electron chi connectivity index (χ1n) is 5.46. The van der Waals surface area contributed by atoms with Crippen molar-refractivity contribution in [2.45, 2.75) is 6.42 Å². The van der Waals surface area contributed by atoms with Crippen LogP contribution < -0.4 is 15.8 Å². The summed E-state index contributed by atoms with van der Waals surface area (Å²) in [6.45, 7) is 0.687. The predicted octanol–water partition coefficient (Wildman–Crippen LogP) is 2.53. The molecule has 0 aliphatic carbocycles. The van der Waals surface area contributed by atoms with Gasteiger partial charge in [0.1, 0.15) is 0 Å². The van der Waals surface area contributed by atoms with Gasteiger partial charge >= 0.3 is 0 Å². The molecule has 0 spiro atoms. The van der Waals surface area contributed by atoms with Gasteiger partial charge in [0, 0.05) is 36.7 Å². The van der Waals surface area contributed by atoms with Crippen molar-refractivity contribution in [2.75, 3.05) is 24.7 Å². The predicted molar refractivity (Wildman–Crippen MR) is 71.7 cm³/mol. The number of ether oxygens (including phenoxy) is 1. The Morgan fingerprint density at radius 3 is 3.00 bits per heavy atom. The van der Waals surface area contributed by atoms with Gasteiger partial charge in [-0.05, 0) is 0 Å². The number of aromatic nitrogens is 1. The van der Waals surface area contributed by atoms with E-state index < -0.39 is 5.82 Å². The normalized spacial score (nSPS) is 10.3. The zero-order chi connectivity index (χ0) is 13.0. The summed E-state index contributed by atoms with van der Waals surface area (Å²) < 4.78 is 18.2. The van der Waals surface area contributed by atoms with Crippen molar-refractivity contribution in [1.29, 1.82) is 0 Å². The van der Waals surface area contributed by atoms with Crippen LogP contribution >= 0.6 is 11.3 Å². The van der Waals surface area contributed by atoms with Crippen LogP contribution in [0.3, 0.4) is 0 Å². The van der Waals surface area contributed by atoms with Crippen LogP contribution in [0.4, 0.5) is 15.8 Å². The molecule has 0 atom stereocenters. The summed E-state index contributed by atoms with van der Waals surface area (Å²) in [6, 6.07) is 2.82. The maximum atomic E-state index is 13.3. The van der Waals surface area contributed by atoms with E-state index in [1.807, 2.05) is 5.38 Å². The third-order valence-corrected chi connectivity index (χ3v) is 3.30. The Bertz CT molecular complexity index is 516. The van der Waals surface area contributed by atoms with E-state index in [2.05, 4.69) is 10.3 Å². The lowest BCUT2D eigenvalue weighted by atomic mass is 10.2. The molecule has 1 aromatic heterocycles. The second kappa shape index (κ2) is 5.68. The average molecular weight is 267 g/mol. The zero-order valence-electron chi connectivity index (χ0n) is 9.94. The molecule has 18 heavy (non-hydrogen) atoms. The number of thiazole rings is 1. The van der Waals surface area contributed by atoms with Gasteiger partial charge in [-0.2, -0.15) is 0 Å². The van der Waals surface area contributed by atoms with E-state index in [9.17, 15) is 4.39 Å². The van der Waals surface area contributed by atoms with Crippen LogP contribution in [0.15, 0.2) is 23.7 Å². The molecule has 2 aromatic rings. The van der Waals surface area contributed by atoms with Gasteiger partial charge in [0.05, 0.1) is 23.5 Å². The smallest absolute Gasteiger partial charge is 0.167 e. The lowest BCUT2D eigenvalue weighted by Crippen LogP contribution is -2.07. The first kappa shape index (κ1) is 12.6. The quantitative estimate of drug-likeness (QED) is 0.817. The number of nitrogen functional groups attached to an aromatic ring is 1. The summed E-state index contributed by atoms with van der Waals surface area (Å²) in [4.78, 5) is 4.18. The molecule has 96 valence electrons. The largest absolute Gasteiger partial charge is 0.494 e. The van der Waals surface area contributed by atoms with E-state index in [-0.39, 0.29) is 5.75 Å². The minimum absolute atomic E-state index is 0.181. The van der Waals surface area contributed by atoms with E-state index in [4.69, 9.17) is 10.5 Å². The van der Waals surface area contributed by atoms with Crippen molar-refractivity contribution in [3.63, 3.8) is 0 Å². The number of methoxy groups -OCH3 is 1. The first-order valence-corrected chi connectivity index (χ1v) is 6.34. The molecule has 2 rings (SSSR count). The fourth-order valence-corrected chi connectivity index (χ4v) is 2.18. The highest BCUT2D eigenvalue weighted by atomic mass is 32.1. The highest BCUT2D eigenvalue weighted by Crippen LogP contribution is 2.27. The molecule has 0 aliphatic heterocycles.